The predicted octanol–water partition coefficient (Wildman–Crippen LogP) is 2.02. The van der Waals surface area contributed by atoms with E-state index >= 15 is 0 Å². The predicted molar refractivity (Wildman–Crippen MR) is 78.3 cm³/mol. The molecule has 1 aliphatic rings. The van der Waals surface area contributed by atoms with Gasteiger partial charge in [0.05, 0.1) is 6.04 Å². The van der Waals surface area contributed by atoms with Crippen LogP contribution in [0.25, 0.3) is 0 Å². The first-order chi connectivity index (χ1) is 8.68. The minimum absolute atomic E-state index is 0. The topological polar surface area (TPSA) is 45.2 Å². The molecule has 2 atom stereocenters. The van der Waals surface area contributed by atoms with Crippen molar-refractivity contribution in [1.82, 2.24) is 15.2 Å². The number of carbonyl (C=O) groups excluding carboxylic acids is 1. The van der Waals surface area contributed by atoms with Gasteiger partial charge in [-0.25, -0.2) is 0 Å². The SMILES string of the molecule is CC(c1ccncc1)N(C)C(=O)CC1CCNC1.Cl. The molecule has 4 nitrogen and oxygen atoms in total. The maximum Gasteiger partial charge on any atom is 0.223 e. The first kappa shape index (κ1) is 15.9. The van der Waals surface area contributed by atoms with Gasteiger partial charge in [-0.2, -0.15) is 0 Å². The summed E-state index contributed by atoms with van der Waals surface area (Å²) in [7, 11) is 1.88. The lowest BCUT2D eigenvalue weighted by Crippen LogP contribution is -2.31. The van der Waals surface area contributed by atoms with Gasteiger partial charge in [-0.1, -0.05) is 0 Å². The fraction of sp³-hybridized carbons (Fsp3) is 0.571. The van der Waals surface area contributed by atoms with Crippen molar-refractivity contribution in [2.75, 3.05) is 20.1 Å². The van der Waals surface area contributed by atoms with E-state index in [9.17, 15) is 4.79 Å². The Balaban J connectivity index is 0.00000180. The third-order valence-electron chi connectivity index (χ3n) is 3.79. The summed E-state index contributed by atoms with van der Waals surface area (Å²) >= 11 is 0. The molecule has 1 aromatic rings. The van der Waals surface area contributed by atoms with Gasteiger partial charge in [0, 0.05) is 25.9 Å². The standard InChI is InChI=1S/C14H21N3O.ClH/c1-11(13-4-7-15-8-5-13)17(2)14(18)9-12-3-6-16-10-12;/h4-5,7-8,11-12,16H,3,6,9-10H2,1-2H3;1H. The fourth-order valence-electron chi connectivity index (χ4n) is 2.36. The quantitative estimate of drug-likeness (QED) is 0.920. The summed E-state index contributed by atoms with van der Waals surface area (Å²) < 4.78 is 0. The Labute approximate surface area is 121 Å². The smallest absolute Gasteiger partial charge is 0.223 e. The van der Waals surface area contributed by atoms with Crippen LogP contribution in [0.15, 0.2) is 24.5 Å². The summed E-state index contributed by atoms with van der Waals surface area (Å²) in [6, 6.07) is 4.03. The van der Waals surface area contributed by atoms with Crippen LogP contribution in [-0.2, 0) is 4.79 Å². The molecule has 1 N–H and O–H groups in total. The zero-order valence-electron chi connectivity index (χ0n) is 11.5. The van der Waals surface area contributed by atoms with E-state index in [2.05, 4.69) is 17.2 Å². The van der Waals surface area contributed by atoms with Gasteiger partial charge in [0.15, 0.2) is 0 Å². The Hall–Kier alpha value is -1.13. The van der Waals surface area contributed by atoms with Crippen LogP contribution in [0.4, 0.5) is 0 Å². The lowest BCUT2D eigenvalue weighted by molar-refractivity contribution is -0.132. The normalized spacial score (nSPS) is 19.6. The molecule has 1 aliphatic heterocycles. The van der Waals surface area contributed by atoms with Gasteiger partial charge >= 0.3 is 0 Å². The molecule has 0 spiro atoms. The number of hydrogen-bond donors (Lipinski definition) is 1. The molecule has 19 heavy (non-hydrogen) atoms. The van der Waals surface area contributed by atoms with E-state index in [-0.39, 0.29) is 24.4 Å². The summed E-state index contributed by atoms with van der Waals surface area (Å²) in [5.74, 6) is 0.734. The molecular formula is C14H22ClN3O. The van der Waals surface area contributed by atoms with Crippen molar-refractivity contribution < 1.29 is 4.79 Å². The minimum Gasteiger partial charge on any atom is -0.339 e. The van der Waals surface area contributed by atoms with Crippen LogP contribution in [0, 0.1) is 5.92 Å². The molecule has 1 fully saturated rings. The molecule has 0 saturated carbocycles. The number of carbonyl (C=O) groups is 1. The van der Waals surface area contributed by atoms with Crippen molar-refractivity contribution in [2.45, 2.75) is 25.8 Å². The van der Waals surface area contributed by atoms with Crippen molar-refractivity contribution in [3.05, 3.63) is 30.1 Å². The number of halogens is 1. The van der Waals surface area contributed by atoms with Crippen molar-refractivity contribution in [1.29, 1.82) is 0 Å². The Bertz CT molecular complexity index is 393. The monoisotopic (exact) mass is 283 g/mol. The van der Waals surface area contributed by atoms with E-state index in [1.807, 2.05) is 24.1 Å². The highest BCUT2D eigenvalue weighted by Crippen LogP contribution is 2.21. The van der Waals surface area contributed by atoms with E-state index in [4.69, 9.17) is 0 Å². The van der Waals surface area contributed by atoms with E-state index in [1.54, 1.807) is 12.4 Å². The number of rotatable bonds is 4. The maximum atomic E-state index is 12.2. The second-order valence-electron chi connectivity index (χ2n) is 5.02. The molecule has 5 heteroatoms. The molecule has 106 valence electrons. The fourth-order valence-corrected chi connectivity index (χ4v) is 2.36. The van der Waals surface area contributed by atoms with Crippen LogP contribution in [0.3, 0.4) is 0 Å². The lowest BCUT2D eigenvalue weighted by atomic mass is 10.0. The Morgan fingerprint density at radius 1 is 1.53 bits per heavy atom. The summed E-state index contributed by atoms with van der Waals surface area (Å²) in [6.07, 6.45) is 5.30. The Morgan fingerprint density at radius 3 is 2.79 bits per heavy atom. The van der Waals surface area contributed by atoms with Crippen molar-refractivity contribution in [3.8, 4) is 0 Å². The van der Waals surface area contributed by atoms with Gasteiger partial charge in [0.1, 0.15) is 0 Å². The molecule has 1 saturated heterocycles. The number of nitrogens with one attached hydrogen (secondary N) is 1. The van der Waals surface area contributed by atoms with Gasteiger partial charge in [-0.3, -0.25) is 9.78 Å². The molecule has 1 amide bonds. The van der Waals surface area contributed by atoms with Gasteiger partial charge in [-0.15, -0.1) is 12.4 Å². The molecule has 2 heterocycles. The van der Waals surface area contributed by atoms with Crippen LogP contribution < -0.4 is 5.32 Å². The average molecular weight is 284 g/mol. The molecular weight excluding hydrogens is 262 g/mol. The minimum atomic E-state index is 0. The van der Waals surface area contributed by atoms with Crippen LogP contribution in [-0.4, -0.2) is 35.9 Å². The zero-order valence-corrected chi connectivity index (χ0v) is 12.3. The van der Waals surface area contributed by atoms with Gasteiger partial charge in [-0.05, 0) is 50.0 Å². The molecule has 0 aliphatic carbocycles. The first-order valence-electron chi connectivity index (χ1n) is 6.54. The van der Waals surface area contributed by atoms with Gasteiger partial charge in [0.2, 0.25) is 5.91 Å². The second kappa shape index (κ2) is 7.46. The number of hydrogen-bond acceptors (Lipinski definition) is 3. The van der Waals surface area contributed by atoms with E-state index < -0.39 is 0 Å². The number of nitrogens with zero attached hydrogens (tertiary/aromatic N) is 2. The highest BCUT2D eigenvalue weighted by Gasteiger charge is 2.23. The summed E-state index contributed by atoms with van der Waals surface area (Å²) in [5, 5.41) is 3.30. The summed E-state index contributed by atoms with van der Waals surface area (Å²) in [4.78, 5) is 18.0. The summed E-state index contributed by atoms with van der Waals surface area (Å²) in [6.45, 7) is 4.07. The van der Waals surface area contributed by atoms with E-state index in [1.165, 1.54) is 0 Å². The molecule has 0 bridgehead atoms. The highest BCUT2D eigenvalue weighted by molar-refractivity contribution is 5.85. The molecule has 1 aromatic heterocycles. The molecule has 2 rings (SSSR count). The molecule has 2 unspecified atom stereocenters. The Kier molecular flexibility index (Phi) is 6.25. The number of aromatic nitrogens is 1. The van der Waals surface area contributed by atoms with Crippen LogP contribution in [0.2, 0.25) is 0 Å². The van der Waals surface area contributed by atoms with Crippen molar-refractivity contribution >= 4 is 18.3 Å². The van der Waals surface area contributed by atoms with Crippen LogP contribution in [0.5, 0.6) is 0 Å². The van der Waals surface area contributed by atoms with Gasteiger partial charge in [0.25, 0.3) is 0 Å². The van der Waals surface area contributed by atoms with Crippen LogP contribution >= 0.6 is 12.4 Å². The van der Waals surface area contributed by atoms with E-state index in [0.29, 0.717) is 12.3 Å². The average Bonchev–Trinajstić information content (AvgIpc) is 2.91. The van der Waals surface area contributed by atoms with Crippen molar-refractivity contribution in [2.24, 2.45) is 5.92 Å². The summed E-state index contributed by atoms with van der Waals surface area (Å²) in [5.41, 5.74) is 1.13. The van der Waals surface area contributed by atoms with Crippen molar-refractivity contribution in [3.63, 3.8) is 0 Å². The zero-order chi connectivity index (χ0) is 13.0. The molecule has 0 aromatic carbocycles. The third kappa shape index (κ3) is 4.18. The van der Waals surface area contributed by atoms with Gasteiger partial charge < -0.3 is 10.2 Å². The largest absolute Gasteiger partial charge is 0.339 e. The second-order valence-corrected chi connectivity index (χ2v) is 5.02. The maximum absolute atomic E-state index is 12.2. The third-order valence-corrected chi connectivity index (χ3v) is 3.79. The number of pyridine rings is 1. The lowest BCUT2D eigenvalue weighted by Gasteiger charge is -2.26. The molecule has 0 radical (unpaired) electrons. The number of amides is 1. The van der Waals surface area contributed by atoms with E-state index in [0.717, 1.165) is 25.1 Å². The Morgan fingerprint density at radius 2 is 2.21 bits per heavy atom. The first-order valence-corrected chi connectivity index (χ1v) is 6.54. The van der Waals surface area contributed by atoms with Crippen LogP contribution in [0.1, 0.15) is 31.4 Å². The highest BCUT2D eigenvalue weighted by atomic mass is 35.5.